The van der Waals surface area contributed by atoms with Gasteiger partial charge in [0.2, 0.25) is 27.7 Å². The number of aryl methyl sites for hydroxylation is 1. The molecule has 63 heavy (non-hydrogen) atoms. The van der Waals surface area contributed by atoms with Crippen LogP contribution in [0.2, 0.25) is 0 Å². The van der Waals surface area contributed by atoms with E-state index < -0.39 is 38.1 Å². The van der Waals surface area contributed by atoms with E-state index >= 15 is 0 Å². The second-order valence-corrected chi connectivity index (χ2v) is 18.5. The number of sulfonamides is 1. The molecule has 1 aromatic heterocycles. The zero-order valence-electron chi connectivity index (χ0n) is 36.6. The molecule has 3 unspecified atom stereocenters. The Morgan fingerprint density at radius 3 is 2.06 bits per heavy atom. The number of carbonyl (C=O) groups is 3. The number of aromatic nitrogens is 1. The zero-order chi connectivity index (χ0) is 46.0. The first-order chi connectivity index (χ1) is 30.0. The number of nitro groups is 1. The van der Waals surface area contributed by atoms with E-state index in [9.17, 15) is 32.9 Å². The molecular weight excluding hydrogens is 859 g/mol. The van der Waals surface area contributed by atoms with Crippen LogP contribution in [-0.4, -0.2) is 132 Å². The topological polar surface area (TPSA) is 253 Å². The molecule has 1 fully saturated rings. The van der Waals surface area contributed by atoms with Crippen molar-refractivity contribution in [1.29, 1.82) is 0 Å². The first kappa shape index (κ1) is 51.0. The number of carbonyl (C=O) groups excluding carboxylic acids is 3. The molecule has 1 aliphatic heterocycles. The van der Waals surface area contributed by atoms with Crippen LogP contribution in [0.25, 0.3) is 10.4 Å². The number of ether oxygens (including phenoxy) is 5. The Balaban J connectivity index is 1.02. The predicted octanol–water partition coefficient (Wildman–Crippen LogP) is 3.64. The summed E-state index contributed by atoms with van der Waals surface area (Å²) >= 11 is 1.59. The smallest absolute Gasteiger partial charge is 0.293 e. The monoisotopic (exact) mass is 919 g/mol. The highest BCUT2D eigenvalue weighted by Crippen LogP contribution is 2.30. The van der Waals surface area contributed by atoms with Gasteiger partial charge in [-0.05, 0) is 47.9 Å². The third-order valence-corrected chi connectivity index (χ3v) is 11.8. The van der Waals surface area contributed by atoms with Crippen molar-refractivity contribution in [2.45, 2.75) is 71.0 Å². The van der Waals surface area contributed by atoms with Crippen LogP contribution < -0.4 is 21.1 Å². The Morgan fingerprint density at radius 1 is 0.937 bits per heavy atom. The lowest BCUT2D eigenvalue weighted by Crippen LogP contribution is -2.57. The van der Waals surface area contributed by atoms with Gasteiger partial charge in [-0.2, -0.15) is 0 Å². The number of rotatable bonds is 27. The van der Waals surface area contributed by atoms with E-state index in [4.69, 9.17) is 28.8 Å². The van der Waals surface area contributed by atoms with Crippen LogP contribution in [0.15, 0.2) is 52.9 Å². The molecule has 0 radical (unpaired) electrons. The van der Waals surface area contributed by atoms with E-state index in [1.54, 1.807) is 16.2 Å². The minimum atomic E-state index is -4.07. The molecule has 3 aromatic rings. The van der Waals surface area contributed by atoms with E-state index in [2.05, 4.69) is 20.9 Å². The molecule has 2 aromatic carbocycles. The fourth-order valence-corrected chi connectivity index (χ4v) is 7.98. The minimum Gasteiger partial charge on any atom is -0.379 e. The number of nitrogens with one attached hydrogen (secondary N) is 3. The van der Waals surface area contributed by atoms with Crippen molar-refractivity contribution >= 4 is 50.5 Å². The van der Waals surface area contributed by atoms with Crippen LogP contribution >= 0.6 is 11.3 Å². The third kappa shape index (κ3) is 16.8. The third-order valence-electron chi connectivity index (χ3n) is 9.96. The summed E-state index contributed by atoms with van der Waals surface area (Å²) in [7, 11) is -4.07. The number of hydrogen-bond acceptors (Lipinski definition) is 15. The van der Waals surface area contributed by atoms with Crippen molar-refractivity contribution in [1.82, 2.24) is 20.5 Å². The van der Waals surface area contributed by atoms with Gasteiger partial charge in [-0.25, -0.2) is 18.5 Å². The number of nitrogens with two attached hydrogens (primary N) is 1. The Kier molecular flexibility index (Phi) is 20.3. The Morgan fingerprint density at radius 2 is 1.52 bits per heavy atom. The molecule has 1 saturated heterocycles. The average molecular weight is 920 g/mol. The van der Waals surface area contributed by atoms with Gasteiger partial charge in [-0.15, -0.1) is 11.3 Å². The first-order valence-electron chi connectivity index (χ1n) is 20.8. The number of amides is 3. The van der Waals surface area contributed by atoms with Gasteiger partial charge in [-0.3, -0.25) is 24.5 Å². The van der Waals surface area contributed by atoms with E-state index in [1.165, 1.54) is 12.1 Å². The molecule has 5 N–H and O–H groups in total. The quantitative estimate of drug-likeness (QED) is 0.0484. The zero-order valence-corrected chi connectivity index (χ0v) is 38.2. The molecular formula is C42H61N7O12S2. The van der Waals surface area contributed by atoms with Crippen LogP contribution in [0.4, 0.5) is 11.4 Å². The predicted molar refractivity (Wildman–Crippen MR) is 236 cm³/mol. The van der Waals surface area contributed by atoms with Crippen LogP contribution in [0, 0.1) is 28.4 Å². The van der Waals surface area contributed by atoms with Crippen LogP contribution in [0.1, 0.15) is 51.8 Å². The van der Waals surface area contributed by atoms with Gasteiger partial charge in [-0.1, -0.05) is 52.0 Å². The fraction of sp³-hybridized carbons (Fsp3) is 0.571. The number of likely N-dealkylation sites (tertiary alicyclic amines) is 1. The molecule has 348 valence electrons. The molecule has 4 rings (SSSR count). The molecule has 0 spiro atoms. The van der Waals surface area contributed by atoms with Gasteiger partial charge in [0, 0.05) is 32.1 Å². The van der Waals surface area contributed by atoms with Crippen molar-refractivity contribution in [3.63, 3.8) is 0 Å². The normalized spacial score (nSPS) is 15.9. The molecule has 3 atom stereocenters. The lowest BCUT2D eigenvalue weighted by molar-refractivity contribution is -0.384. The molecule has 21 heteroatoms. The standard InChI is InChI=1S/C42H61N7O12S2/c1-29-24-36(40(51)45-26-31-6-8-32(9-7-31)38-30(2)46-28-62-38)48(27-29)41(52)39(42(3,4)5)47-37(50)12-14-57-16-18-59-20-22-61-23-21-60-19-17-58-15-13-44-34-11-10-33(63(43,55)56)25-35(34)49(53)54/h6-11,25,28-29,36,39,44H,12-24,26-27H2,1-5H3,(H,45,51)(H,47,50)(H2,43,55,56). The summed E-state index contributed by atoms with van der Waals surface area (Å²) in [5.41, 5.74) is 3.95. The summed E-state index contributed by atoms with van der Waals surface area (Å²) in [6.45, 7) is 13.6. The van der Waals surface area contributed by atoms with E-state index in [0.29, 0.717) is 65.8 Å². The number of nitrogens with zero attached hydrogens (tertiary/aromatic N) is 3. The highest BCUT2D eigenvalue weighted by molar-refractivity contribution is 7.89. The second-order valence-electron chi connectivity index (χ2n) is 16.1. The summed E-state index contributed by atoms with van der Waals surface area (Å²) < 4.78 is 50.5. The number of benzene rings is 2. The molecule has 3 amide bonds. The number of nitro benzene ring substituents is 1. The molecule has 0 saturated carbocycles. The summed E-state index contributed by atoms with van der Waals surface area (Å²) in [6, 6.07) is 9.90. The SMILES string of the molecule is Cc1ncsc1-c1ccc(CNC(=O)C2CC(C)CN2C(=O)C(NC(=O)CCOCCOCCOCCOCCOCCNc2ccc(S(N)(=O)=O)cc2[N+](=O)[O-])C(C)(C)C)cc1. The summed E-state index contributed by atoms with van der Waals surface area (Å²) in [5, 5.41) is 25.1. The highest BCUT2D eigenvalue weighted by atomic mass is 32.2. The van der Waals surface area contributed by atoms with E-state index in [0.717, 1.165) is 27.8 Å². The first-order valence-corrected chi connectivity index (χ1v) is 23.2. The number of anilines is 1. The van der Waals surface area contributed by atoms with E-state index in [1.807, 2.05) is 64.4 Å². The molecule has 2 heterocycles. The van der Waals surface area contributed by atoms with Gasteiger partial charge in [0.05, 0.1) is 92.0 Å². The van der Waals surface area contributed by atoms with Gasteiger partial charge >= 0.3 is 0 Å². The molecule has 0 aliphatic carbocycles. The number of hydrogen-bond donors (Lipinski definition) is 4. The Hall–Kier alpha value is -4.61. The summed E-state index contributed by atoms with van der Waals surface area (Å²) in [6.07, 6.45) is 0.589. The van der Waals surface area contributed by atoms with Crippen LogP contribution in [-0.2, 0) is 54.6 Å². The lowest BCUT2D eigenvalue weighted by atomic mass is 9.85. The summed E-state index contributed by atoms with van der Waals surface area (Å²) in [4.78, 5) is 57.7. The number of primary sulfonamides is 1. The van der Waals surface area contributed by atoms with Crippen molar-refractivity contribution in [2.24, 2.45) is 16.5 Å². The van der Waals surface area contributed by atoms with E-state index in [-0.39, 0.29) is 67.0 Å². The summed E-state index contributed by atoms with van der Waals surface area (Å²) in [5.74, 6) is -0.700. The molecule has 1 aliphatic rings. The van der Waals surface area contributed by atoms with Crippen molar-refractivity contribution in [2.75, 3.05) is 84.5 Å². The van der Waals surface area contributed by atoms with Gasteiger partial charge < -0.3 is 44.5 Å². The van der Waals surface area contributed by atoms with Gasteiger partial charge in [0.25, 0.3) is 5.69 Å². The van der Waals surface area contributed by atoms with Crippen LogP contribution in [0.5, 0.6) is 0 Å². The van der Waals surface area contributed by atoms with Gasteiger partial charge in [0.1, 0.15) is 17.8 Å². The lowest BCUT2D eigenvalue weighted by Gasteiger charge is -2.35. The molecule has 19 nitrogen and oxygen atoms in total. The van der Waals surface area contributed by atoms with Crippen molar-refractivity contribution in [3.8, 4) is 10.4 Å². The highest BCUT2D eigenvalue weighted by Gasteiger charge is 2.43. The number of thiazole rings is 1. The second kappa shape index (κ2) is 25.0. The fourth-order valence-electron chi connectivity index (χ4n) is 6.64. The Labute approximate surface area is 372 Å². The Bertz CT molecular complexity index is 2060. The minimum absolute atomic E-state index is 0.0528. The maximum atomic E-state index is 14.0. The van der Waals surface area contributed by atoms with Crippen molar-refractivity contribution in [3.05, 3.63) is 69.3 Å². The molecule has 0 bridgehead atoms. The maximum absolute atomic E-state index is 14.0. The maximum Gasteiger partial charge on any atom is 0.293 e. The van der Waals surface area contributed by atoms with Crippen LogP contribution in [0.3, 0.4) is 0 Å². The average Bonchev–Trinajstić information content (AvgIpc) is 3.85. The largest absolute Gasteiger partial charge is 0.379 e. The van der Waals surface area contributed by atoms with Crippen molar-refractivity contribution < 1.29 is 51.4 Å². The van der Waals surface area contributed by atoms with Gasteiger partial charge in [0.15, 0.2) is 0 Å².